The van der Waals surface area contributed by atoms with Gasteiger partial charge in [-0.3, -0.25) is 4.79 Å². The molecule has 0 spiro atoms. The molecule has 1 aromatic rings. The molecule has 1 nitrogen and oxygen atoms in total. The molecule has 0 N–H and O–H groups in total. The number of rotatable bonds is 10. The molecule has 1 rings (SSSR count). The van der Waals surface area contributed by atoms with E-state index in [4.69, 9.17) is 0 Å². The first-order valence-electron chi connectivity index (χ1n) is 7.70. The normalized spacial score (nSPS) is 10.6. The Bertz CT molecular complexity index is 368. The molecular formula is C18H27O. The van der Waals surface area contributed by atoms with Gasteiger partial charge >= 0.3 is 0 Å². The lowest BCUT2D eigenvalue weighted by molar-refractivity contribution is 0.104. The van der Waals surface area contributed by atoms with Crippen molar-refractivity contribution in [2.24, 2.45) is 0 Å². The van der Waals surface area contributed by atoms with Gasteiger partial charge in [0.1, 0.15) is 0 Å². The number of Topliss-reactive ketones (excluding diaryl/α,β-unsaturated/α-hetero) is 1. The summed E-state index contributed by atoms with van der Waals surface area (Å²) >= 11 is 0. The van der Waals surface area contributed by atoms with Crippen molar-refractivity contribution in [3.8, 4) is 0 Å². The number of ketones is 1. The Morgan fingerprint density at radius 1 is 0.947 bits per heavy atom. The van der Waals surface area contributed by atoms with Crippen LogP contribution in [0.2, 0.25) is 0 Å². The zero-order valence-corrected chi connectivity index (χ0v) is 12.3. The SMILES string of the molecule is [CH2]C(=O)c1ccccc1CCCCCCCCCC. The molecule has 1 heteroatoms. The second kappa shape index (κ2) is 9.77. The standard InChI is InChI=1S/C18H27O/c1-3-4-5-6-7-8-9-10-13-17-14-11-12-15-18(17)16(2)19/h11-12,14-15H,2-10,13H2,1H3. The van der Waals surface area contributed by atoms with Gasteiger partial charge in [-0.15, -0.1) is 0 Å². The third-order valence-corrected chi connectivity index (χ3v) is 3.62. The summed E-state index contributed by atoms with van der Waals surface area (Å²) in [4.78, 5) is 11.4. The van der Waals surface area contributed by atoms with Crippen molar-refractivity contribution in [2.75, 3.05) is 0 Å². The lowest BCUT2D eigenvalue weighted by Gasteiger charge is -2.06. The summed E-state index contributed by atoms with van der Waals surface area (Å²) in [6, 6.07) is 7.86. The number of hydrogen-bond acceptors (Lipinski definition) is 1. The first kappa shape index (κ1) is 15.9. The largest absolute Gasteiger partial charge is 0.294 e. The number of hydrogen-bond donors (Lipinski definition) is 0. The van der Waals surface area contributed by atoms with Gasteiger partial charge in [0, 0.05) is 12.5 Å². The summed E-state index contributed by atoms with van der Waals surface area (Å²) in [5, 5.41) is 0. The molecule has 0 aromatic heterocycles. The molecule has 0 fully saturated rings. The Morgan fingerprint density at radius 3 is 2.16 bits per heavy atom. The van der Waals surface area contributed by atoms with Crippen molar-refractivity contribution >= 4 is 5.78 Å². The van der Waals surface area contributed by atoms with Crippen molar-refractivity contribution < 1.29 is 4.79 Å². The number of unbranched alkanes of at least 4 members (excludes halogenated alkanes) is 7. The van der Waals surface area contributed by atoms with Crippen molar-refractivity contribution in [2.45, 2.75) is 64.7 Å². The minimum absolute atomic E-state index is 0.0600. The number of benzene rings is 1. The summed E-state index contributed by atoms with van der Waals surface area (Å²) in [6.07, 6.45) is 11.6. The van der Waals surface area contributed by atoms with Crippen LogP contribution in [0.15, 0.2) is 24.3 Å². The molecule has 0 amide bonds. The van der Waals surface area contributed by atoms with Crippen molar-refractivity contribution in [1.82, 2.24) is 0 Å². The van der Waals surface area contributed by atoms with Crippen LogP contribution in [-0.2, 0) is 6.42 Å². The second-order valence-corrected chi connectivity index (χ2v) is 5.31. The molecule has 19 heavy (non-hydrogen) atoms. The van der Waals surface area contributed by atoms with Crippen LogP contribution in [0.25, 0.3) is 0 Å². The lowest BCUT2D eigenvalue weighted by atomic mass is 9.98. The molecule has 0 saturated carbocycles. The van der Waals surface area contributed by atoms with Crippen molar-refractivity contribution in [1.29, 1.82) is 0 Å². The minimum Gasteiger partial charge on any atom is -0.294 e. The summed E-state index contributed by atoms with van der Waals surface area (Å²) in [5.74, 6) is -0.0600. The Kier molecular flexibility index (Phi) is 8.20. The van der Waals surface area contributed by atoms with Crippen molar-refractivity contribution in [3.05, 3.63) is 42.3 Å². The highest BCUT2D eigenvalue weighted by molar-refractivity contribution is 6.00. The van der Waals surface area contributed by atoms with E-state index in [1.807, 2.05) is 18.2 Å². The third-order valence-electron chi connectivity index (χ3n) is 3.62. The predicted octanol–water partition coefficient (Wildman–Crippen LogP) is 5.39. The first-order chi connectivity index (χ1) is 9.25. The number of carbonyl (C=O) groups is 1. The van der Waals surface area contributed by atoms with Gasteiger partial charge in [0.05, 0.1) is 0 Å². The zero-order chi connectivity index (χ0) is 13.9. The molecule has 0 atom stereocenters. The van der Waals surface area contributed by atoms with Crippen LogP contribution < -0.4 is 0 Å². The van der Waals surface area contributed by atoms with E-state index >= 15 is 0 Å². The average Bonchev–Trinajstić information content (AvgIpc) is 2.42. The molecule has 0 aliphatic heterocycles. The maximum atomic E-state index is 11.4. The van der Waals surface area contributed by atoms with E-state index in [9.17, 15) is 4.79 Å². The van der Waals surface area contributed by atoms with E-state index < -0.39 is 0 Å². The molecule has 0 saturated heterocycles. The van der Waals surface area contributed by atoms with Gasteiger partial charge in [0.2, 0.25) is 0 Å². The van der Waals surface area contributed by atoms with Crippen LogP contribution in [0.1, 0.15) is 74.2 Å². The lowest BCUT2D eigenvalue weighted by Crippen LogP contribution is -1.99. The van der Waals surface area contributed by atoms with Crippen LogP contribution in [0.3, 0.4) is 0 Å². The fourth-order valence-electron chi connectivity index (χ4n) is 2.46. The summed E-state index contributed by atoms with van der Waals surface area (Å²) in [6.45, 7) is 5.77. The van der Waals surface area contributed by atoms with E-state index in [-0.39, 0.29) is 5.78 Å². The van der Waals surface area contributed by atoms with Crippen LogP contribution in [-0.4, -0.2) is 5.78 Å². The molecule has 0 aliphatic rings. The highest BCUT2D eigenvalue weighted by atomic mass is 16.1. The highest BCUT2D eigenvalue weighted by Gasteiger charge is 2.05. The molecule has 105 valence electrons. The quantitative estimate of drug-likeness (QED) is 0.407. The van der Waals surface area contributed by atoms with E-state index in [1.165, 1.54) is 51.4 Å². The van der Waals surface area contributed by atoms with E-state index in [1.54, 1.807) is 0 Å². The van der Waals surface area contributed by atoms with Crippen LogP contribution in [0.4, 0.5) is 0 Å². The van der Waals surface area contributed by atoms with E-state index in [0.717, 1.165) is 17.5 Å². The molecule has 0 aliphatic carbocycles. The first-order valence-corrected chi connectivity index (χ1v) is 7.70. The zero-order valence-electron chi connectivity index (χ0n) is 12.3. The van der Waals surface area contributed by atoms with Gasteiger partial charge in [-0.1, -0.05) is 76.1 Å². The van der Waals surface area contributed by atoms with Gasteiger partial charge in [-0.25, -0.2) is 0 Å². The smallest absolute Gasteiger partial charge is 0.163 e. The van der Waals surface area contributed by atoms with Gasteiger partial charge in [0.25, 0.3) is 0 Å². The monoisotopic (exact) mass is 259 g/mol. The van der Waals surface area contributed by atoms with Crippen LogP contribution in [0, 0.1) is 6.92 Å². The fourth-order valence-corrected chi connectivity index (χ4v) is 2.46. The van der Waals surface area contributed by atoms with E-state index in [0.29, 0.717) is 0 Å². The number of carbonyl (C=O) groups excluding carboxylic acids is 1. The Morgan fingerprint density at radius 2 is 1.53 bits per heavy atom. The van der Waals surface area contributed by atoms with Gasteiger partial charge < -0.3 is 0 Å². The Hall–Kier alpha value is -1.11. The van der Waals surface area contributed by atoms with Gasteiger partial charge in [-0.2, -0.15) is 0 Å². The highest BCUT2D eigenvalue weighted by Crippen LogP contribution is 2.15. The maximum absolute atomic E-state index is 11.4. The Labute approximate surface area is 118 Å². The Balaban J connectivity index is 2.17. The second-order valence-electron chi connectivity index (χ2n) is 5.31. The number of aryl methyl sites for hydroxylation is 1. The van der Waals surface area contributed by atoms with Gasteiger partial charge in [0.15, 0.2) is 5.78 Å². The molecule has 0 unspecified atom stereocenters. The van der Waals surface area contributed by atoms with Crippen LogP contribution in [0.5, 0.6) is 0 Å². The van der Waals surface area contributed by atoms with E-state index in [2.05, 4.69) is 19.9 Å². The molecule has 0 bridgehead atoms. The molecular weight excluding hydrogens is 232 g/mol. The summed E-state index contributed by atoms with van der Waals surface area (Å²) in [7, 11) is 0. The average molecular weight is 259 g/mol. The molecule has 1 aromatic carbocycles. The van der Waals surface area contributed by atoms with Gasteiger partial charge in [-0.05, 0) is 18.4 Å². The van der Waals surface area contributed by atoms with Crippen LogP contribution >= 0.6 is 0 Å². The topological polar surface area (TPSA) is 17.1 Å². The summed E-state index contributed by atoms with van der Waals surface area (Å²) in [5.41, 5.74) is 1.96. The third kappa shape index (κ3) is 6.56. The fraction of sp³-hybridized carbons (Fsp3) is 0.556. The molecule has 1 radical (unpaired) electrons. The summed E-state index contributed by atoms with van der Waals surface area (Å²) < 4.78 is 0. The maximum Gasteiger partial charge on any atom is 0.163 e. The molecule has 0 heterocycles. The van der Waals surface area contributed by atoms with Crippen molar-refractivity contribution in [3.63, 3.8) is 0 Å². The predicted molar refractivity (Wildman–Crippen MR) is 82.4 cm³/mol. The minimum atomic E-state index is -0.0600.